The molecule has 0 aliphatic carbocycles. The summed E-state index contributed by atoms with van der Waals surface area (Å²) >= 11 is 0. The fourth-order valence-corrected chi connectivity index (χ4v) is 5.14. The van der Waals surface area contributed by atoms with Crippen molar-refractivity contribution in [1.82, 2.24) is 15.1 Å². The lowest BCUT2D eigenvalue weighted by Crippen LogP contribution is -2.57. The third-order valence-corrected chi connectivity index (χ3v) is 7.26. The predicted molar refractivity (Wildman–Crippen MR) is 133 cm³/mol. The first kappa shape index (κ1) is 25.6. The molecular formula is C26H38N4O5. The van der Waals surface area contributed by atoms with Gasteiger partial charge in [-0.15, -0.1) is 0 Å². The van der Waals surface area contributed by atoms with Gasteiger partial charge in [0.2, 0.25) is 5.91 Å². The molecule has 3 atom stereocenters. The molecular weight excluding hydrogens is 448 g/mol. The molecule has 3 saturated heterocycles. The summed E-state index contributed by atoms with van der Waals surface area (Å²) in [6, 6.07) is 6.28. The number of rotatable bonds is 7. The van der Waals surface area contributed by atoms with Crippen molar-refractivity contribution in [2.24, 2.45) is 5.41 Å². The molecule has 0 bridgehead atoms. The molecule has 3 aliphatic rings. The van der Waals surface area contributed by atoms with E-state index < -0.39 is 17.5 Å². The van der Waals surface area contributed by atoms with Crippen molar-refractivity contribution in [2.45, 2.75) is 45.4 Å². The number of piperazine rings is 1. The lowest BCUT2D eigenvalue weighted by atomic mass is 9.85. The summed E-state index contributed by atoms with van der Waals surface area (Å²) in [6.07, 6.45) is 0.423. The van der Waals surface area contributed by atoms with Crippen LogP contribution >= 0.6 is 0 Å². The number of carbonyl (C=O) groups excluding carboxylic acids is 3. The fraction of sp³-hybridized carbons (Fsp3) is 0.654. The number of amides is 2. The van der Waals surface area contributed by atoms with Crippen molar-refractivity contribution in [3.63, 3.8) is 0 Å². The summed E-state index contributed by atoms with van der Waals surface area (Å²) in [5.74, 6) is -0.575. The summed E-state index contributed by atoms with van der Waals surface area (Å²) in [4.78, 5) is 45.2. The van der Waals surface area contributed by atoms with Crippen LogP contribution in [0, 0.1) is 5.41 Å². The number of hydrogen-bond donors (Lipinski definition) is 1. The highest BCUT2D eigenvalue weighted by atomic mass is 16.5. The Morgan fingerprint density at radius 1 is 1.11 bits per heavy atom. The molecule has 9 heteroatoms. The first-order valence-corrected chi connectivity index (χ1v) is 12.5. The Hall–Kier alpha value is -2.49. The number of Topliss-reactive ketones (excluding diaryl/α,β-unsaturated/α-hetero) is 1. The van der Waals surface area contributed by atoms with Crippen molar-refractivity contribution in [3.8, 4) is 0 Å². The number of fused-ring (bicyclic) bond motifs is 1. The zero-order chi connectivity index (χ0) is 25.2. The monoisotopic (exact) mass is 486 g/mol. The van der Waals surface area contributed by atoms with Crippen molar-refractivity contribution < 1.29 is 23.9 Å². The van der Waals surface area contributed by atoms with E-state index >= 15 is 0 Å². The number of carbonyl (C=O) groups is 3. The highest BCUT2D eigenvalue weighted by molar-refractivity contribution is 5.99. The van der Waals surface area contributed by atoms with Crippen LogP contribution in [0.25, 0.3) is 0 Å². The van der Waals surface area contributed by atoms with E-state index in [1.165, 1.54) is 0 Å². The second kappa shape index (κ2) is 10.6. The molecule has 1 aromatic carbocycles. The van der Waals surface area contributed by atoms with E-state index in [1.54, 1.807) is 12.0 Å². The zero-order valence-corrected chi connectivity index (χ0v) is 21.3. The van der Waals surface area contributed by atoms with Gasteiger partial charge in [-0.1, -0.05) is 20.8 Å². The lowest BCUT2D eigenvalue weighted by Gasteiger charge is -2.36. The molecule has 0 aromatic heterocycles. The SMILES string of the molecule is COCCN1CCN(c2ccc(C(=O)N[C@H](C(=O)N3CCC4OCC(=O)C43)C(C)(C)C)cc2)CC1. The number of ether oxygens (including phenoxy) is 2. The van der Waals surface area contributed by atoms with E-state index in [4.69, 9.17) is 9.47 Å². The molecule has 192 valence electrons. The molecule has 1 aromatic rings. The van der Waals surface area contributed by atoms with Crippen molar-refractivity contribution in [3.05, 3.63) is 29.8 Å². The van der Waals surface area contributed by atoms with Crippen molar-refractivity contribution in [1.29, 1.82) is 0 Å². The lowest BCUT2D eigenvalue weighted by molar-refractivity contribution is -0.140. The van der Waals surface area contributed by atoms with E-state index in [2.05, 4.69) is 15.1 Å². The van der Waals surface area contributed by atoms with Crippen molar-refractivity contribution in [2.75, 3.05) is 64.5 Å². The van der Waals surface area contributed by atoms with Gasteiger partial charge < -0.3 is 24.6 Å². The number of anilines is 1. The van der Waals surface area contributed by atoms with Crippen molar-refractivity contribution >= 4 is 23.3 Å². The molecule has 0 saturated carbocycles. The third-order valence-electron chi connectivity index (χ3n) is 7.26. The maximum atomic E-state index is 13.5. The molecule has 3 aliphatic heterocycles. The van der Waals surface area contributed by atoms with E-state index in [0.29, 0.717) is 18.5 Å². The Morgan fingerprint density at radius 2 is 1.80 bits per heavy atom. The molecule has 9 nitrogen and oxygen atoms in total. The number of nitrogens with one attached hydrogen (secondary N) is 1. The molecule has 35 heavy (non-hydrogen) atoms. The predicted octanol–water partition coefficient (Wildman–Crippen LogP) is 1.17. The first-order chi connectivity index (χ1) is 16.7. The second-order valence-electron chi connectivity index (χ2n) is 10.7. The maximum absolute atomic E-state index is 13.5. The summed E-state index contributed by atoms with van der Waals surface area (Å²) in [6.45, 7) is 11.8. The minimum absolute atomic E-state index is 0.0558. The Bertz CT molecular complexity index is 921. The van der Waals surface area contributed by atoms with Gasteiger partial charge in [-0.2, -0.15) is 0 Å². The van der Waals surface area contributed by atoms with Crippen LogP contribution in [-0.2, 0) is 19.1 Å². The molecule has 2 amide bonds. The summed E-state index contributed by atoms with van der Waals surface area (Å²) < 4.78 is 10.7. The number of nitrogens with zero attached hydrogens (tertiary/aromatic N) is 3. The smallest absolute Gasteiger partial charge is 0.251 e. The number of benzene rings is 1. The van der Waals surface area contributed by atoms with Crippen LogP contribution in [0.15, 0.2) is 24.3 Å². The minimum atomic E-state index is -0.748. The largest absolute Gasteiger partial charge is 0.383 e. The van der Waals surface area contributed by atoms with Crippen LogP contribution in [-0.4, -0.2) is 105 Å². The molecule has 0 spiro atoms. The number of hydrogen-bond acceptors (Lipinski definition) is 7. The fourth-order valence-electron chi connectivity index (χ4n) is 5.14. The normalized spacial score (nSPS) is 23.9. The van der Waals surface area contributed by atoms with Crippen LogP contribution < -0.4 is 10.2 Å². The van der Waals surface area contributed by atoms with Gasteiger partial charge in [-0.05, 0) is 36.1 Å². The van der Waals surface area contributed by atoms with Gasteiger partial charge in [0, 0.05) is 57.6 Å². The summed E-state index contributed by atoms with van der Waals surface area (Å²) in [5.41, 5.74) is 1.07. The van der Waals surface area contributed by atoms with E-state index in [9.17, 15) is 14.4 Å². The van der Waals surface area contributed by atoms with Gasteiger partial charge in [-0.25, -0.2) is 0 Å². The zero-order valence-electron chi connectivity index (χ0n) is 21.3. The van der Waals surface area contributed by atoms with Gasteiger partial charge in [0.15, 0.2) is 5.78 Å². The summed E-state index contributed by atoms with van der Waals surface area (Å²) in [7, 11) is 1.72. The number of methoxy groups -OCH3 is 1. The quantitative estimate of drug-likeness (QED) is 0.619. The van der Waals surface area contributed by atoms with Crippen LogP contribution in [0.1, 0.15) is 37.6 Å². The molecule has 2 unspecified atom stereocenters. The van der Waals surface area contributed by atoms with Gasteiger partial charge in [0.25, 0.3) is 5.91 Å². The Balaban J connectivity index is 1.39. The van der Waals surface area contributed by atoms with Gasteiger partial charge in [-0.3, -0.25) is 19.3 Å². The van der Waals surface area contributed by atoms with Crippen LogP contribution in [0.4, 0.5) is 5.69 Å². The van der Waals surface area contributed by atoms with Gasteiger partial charge >= 0.3 is 0 Å². The highest BCUT2D eigenvalue weighted by Crippen LogP contribution is 2.30. The van der Waals surface area contributed by atoms with Crippen LogP contribution in [0.2, 0.25) is 0 Å². The first-order valence-electron chi connectivity index (χ1n) is 12.5. The standard InChI is InChI=1S/C26H38N4O5/c1-26(2,3)23(25(33)30-10-9-21-22(30)20(31)17-35-21)27-24(32)18-5-7-19(8-6-18)29-13-11-28(12-14-29)15-16-34-4/h5-8,21-23H,9-17H2,1-4H3,(H,27,32)/t21?,22?,23-/m1/s1. The average molecular weight is 487 g/mol. The van der Waals surface area contributed by atoms with E-state index in [0.717, 1.165) is 45.0 Å². The Morgan fingerprint density at radius 3 is 2.43 bits per heavy atom. The van der Waals surface area contributed by atoms with Crippen LogP contribution in [0.5, 0.6) is 0 Å². The Labute approximate surface area is 207 Å². The maximum Gasteiger partial charge on any atom is 0.251 e. The molecule has 3 fully saturated rings. The molecule has 3 heterocycles. The second-order valence-corrected chi connectivity index (χ2v) is 10.7. The van der Waals surface area contributed by atoms with Gasteiger partial charge in [0.1, 0.15) is 18.7 Å². The molecule has 4 rings (SSSR count). The topological polar surface area (TPSA) is 91.4 Å². The molecule has 1 N–H and O–H groups in total. The number of ketones is 1. The number of likely N-dealkylation sites (tertiary alicyclic amines) is 1. The van der Waals surface area contributed by atoms with E-state index in [-0.39, 0.29) is 30.3 Å². The average Bonchev–Trinajstić information content (AvgIpc) is 3.43. The summed E-state index contributed by atoms with van der Waals surface area (Å²) in [5, 5.41) is 2.95. The van der Waals surface area contributed by atoms with E-state index in [1.807, 2.05) is 45.0 Å². The third kappa shape index (κ3) is 5.68. The Kier molecular flexibility index (Phi) is 7.78. The highest BCUT2D eigenvalue weighted by Gasteiger charge is 2.49. The van der Waals surface area contributed by atoms with Gasteiger partial charge in [0.05, 0.1) is 12.7 Å². The van der Waals surface area contributed by atoms with Crippen LogP contribution in [0.3, 0.4) is 0 Å². The molecule has 0 radical (unpaired) electrons. The minimum Gasteiger partial charge on any atom is -0.383 e.